The summed E-state index contributed by atoms with van der Waals surface area (Å²) in [6.45, 7) is 16.1. The van der Waals surface area contributed by atoms with E-state index in [0.717, 1.165) is 33.4 Å². The molecular formula is C35H48ClN3O3. The third-order valence-electron chi connectivity index (χ3n) is 6.82. The maximum absolute atomic E-state index is 9.85. The highest BCUT2D eigenvalue weighted by Gasteiger charge is 2.30. The van der Waals surface area contributed by atoms with E-state index in [-0.39, 0.29) is 19.8 Å². The number of aliphatic hydroxyl groups excluding tert-OH is 3. The van der Waals surface area contributed by atoms with Gasteiger partial charge in [0.1, 0.15) is 0 Å². The van der Waals surface area contributed by atoms with Gasteiger partial charge in [-0.05, 0) is 47.2 Å². The summed E-state index contributed by atoms with van der Waals surface area (Å²) < 4.78 is 0. The Morgan fingerprint density at radius 3 is 1.21 bits per heavy atom. The Balaban J connectivity index is 0.000000423. The molecule has 0 aliphatic carbocycles. The quantitative estimate of drug-likeness (QED) is 0.169. The van der Waals surface area contributed by atoms with Crippen LogP contribution in [0.1, 0.15) is 47.2 Å². The molecule has 0 aliphatic rings. The van der Waals surface area contributed by atoms with Gasteiger partial charge in [-0.15, -0.1) is 11.6 Å². The number of hydrogen-bond acceptors (Lipinski definition) is 6. The van der Waals surface area contributed by atoms with Crippen LogP contribution in [0.2, 0.25) is 0 Å². The second kappa shape index (κ2) is 19.2. The molecule has 1 unspecified atom stereocenters. The van der Waals surface area contributed by atoms with Crippen LogP contribution < -0.4 is 11.5 Å². The van der Waals surface area contributed by atoms with Gasteiger partial charge in [-0.25, -0.2) is 0 Å². The predicted molar refractivity (Wildman–Crippen MR) is 180 cm³/mol. The zero-order valence-electron chi connectivity index (χ0n) is 25.1. The number of alkyl halides is 1. The third-order valence-corrected chi connectivity index (χ3v) is 7.13. The van der Waals surface area contributed by atoms with Crippen LogP contribution in [0.25, 0.3) is 18.2 Å². The van der Waals surface area contributed by atoms with E-state index in [9.17, 15) is 10.2 Å². The van der Waals surface area contributed by atoms with Gasteiger partial charge in [0.25, 0.3) is 0 Å². The van der Waals surface area contributed by atoms with Gasteiger partial charge in [-0.1, -0.05) is 111 Å². The van der Waals surface area contributed by atoms with Crippen molar-refractivity contribution in [1.29, 1.82) is 0 Å². The van der Waals surface area contributed by atoms with Gasteiger partial charge in [0.05, 0.1) is 25.4 Å². The lowest BCUT2D eigenvalue weighted by Crippen LogP contribution is -2.51. The van der Waals surface area contributed by atoms with Crippen LogP contribution >= 0.6 is 11.6 Å². The zero-order valence-corrected chi connectivity index (χ0v) is 25.8. The highest BCUT2D eigenvalue weighted by molar-refractivity contribution is 6.17. The molecule has 3 aromatic rings. The van der Waals surface area contributed by atoms with Gasteiger partial charge in [0.15, 0.2) is 0 Å². The van der Waals surface area contributed by atoms with Crippen molar-refractivity contribution < 1.29 is 15.3 Å². The van der Waals surface area contributed by atoms with Gasteiger partial charge in [-0.3, -0.25) is 4.90 Å². The normalized spacial score (nSPS) is 12.2. The topological polar surface area (TPSA) is 116 Å². The summed E-state index contributed by atoms with van der Waals surface area (Å²) in [5.74, 6) is 0.581. The average Bonchev–Trinajstić information content (AvgIpc) is 3.05. The van der Waals surface area contributed by atoms with Crippen LogP contribution in [-0.4, -0.2) is 57.7 Å². The minimum atomic E-state index is -0.700. The maximum atomic E-state index is 9.85. The first-order valence-electron chi connectivity index (χ1n) is 13.8. The molecule has 0 bridgehead atoms. The molecule has 228 valence electrons. The van der Waals surface area contributed by atoms with Crippen molar-refractivity contribution in [2.45, 2.75) is 43.9 Å². The first kappa shape index (κ1) is 37.0. The number of nitrogens with two attached hydrogens (primary N) is 2. The van der Waals surface area contributed by atoms with Crippen molar-refractivity contribution >= 4 is 29.8 Å². The molecule has 0 fully saturated rings. The van der Waals surface area contributed by atoms with Crippen LogP contribution in [0.4, 0.5) is 0 Å². The van der Waals surface area contributed by atoms with Crippen LogP contribution in [0.15, 0.2) is 92.5 Å². The highest BCUT2D eigenvalue weighted by atomic mass is 35.5. The monoisotopic (exact) mass is 593 g/mol. The number of aliphatic hydroxyl groups is 3. The summed E-state index contributed by atoms with van der Waals surface area (Å²) in [6.07, 6.45) is 5.44. The first-order valence-corrected chi connectivity index (χ1v) is 14.3. The Labute approximate surface area is 257 Å². The van der Waals surface area contributed by atoms with E-state index in [2.05, 4.69) is 48.9 Å². The fraction of sp³-hybridized carbons (Fsp3) is 0.314. The predicted octanol–water partition coefficient (Wildman–Crippen LogP) is 5.44. The molecule has 0 heterocycles. The summed E-state index contributed by atoms with van der Waals surface area (Å²) in [4.78, 5) is 2.11. The maximum Gasteiger partial charge on any atom is 0.0650 e. The van der Waals surface area contributed by atoms with E-state index >= 15 is 0 Å². The Hall–Kier alpha value is -3.07. The summed E-state index contributed by atoms with van der Waals surface area (Å²) in [5.41, 5.74) is 15.9. The molecule has 7 N–H and O–H groups in total. The molecule has 0 radical (unpaired) electrons. The SMILES string of the molecule is C=Cc1ccc(CCl)cc1.C=Cc1ccc(CN(Cc2ccc(C=C)cc2)C(C)(CO)CO)cc1.CC(N)(CN)CO. The van der Waals surface area contributed by atoms with E-state index in [1.165, 1.54) is 0 Å². The average molecular weight is 594 g/mol. The van der Waals surface area contributed by atoms with E-state index in [1.807, 2.05) is 73.7 Å². The lowest BCUT2D eigenvalue weighted by Gasteiger charge is -2.39. The molecule has 0 aliphatic heterocycles. The van der Waals surface area contributed by atoms with Crippen LogP contribution in [0.5, 0.6) is 0 Å². The van der Waals surface area contributed by atoms with Crippen molar-refractivity contribution in [2.24, 2.45) is 11.5 Å². The van der Waals surface area contributed by atoms with Crippen LogP contribution in [-0.2, 0) is 19.0 Å². The third kappa shape index (κ3) is 12.8. The Morgan fingerprint density at radius 2 is 1.00 bits per heavy atom. The number of halogens is 1. The summed E-state index contributed by atoms with van der Waals surface area (Å²) in [7, 11) is 0. The van der Waals surface area contributed by atoms with E-state index in [0.29, 0.717) is 25.5 Å². The molecule has 42 heavy (non-hydrogen) atoms. The van der Waals surface area contributed by atoms with Crippen LogP contribution in [0, 0.1) is 0 Å². The molecule has 6 nitrogen and oxygen atoms in total. The smallest absolute Gasteiger partial charge is 0.0650 e. The summed E-state index contributed by atoms with van der Waals surface area (Å²) in [6, 6.07) is 24.3. The van der Waals surface area contributed by atoms with E-state index in [4.69, 9.17) is 28.2 Å². The number of rotatable bonds is 13. The number of benzene rings is 3. The standard InChI is InChI=1S/C22H27NO2.C9H9Cl.C4H12N2O/c1-4-18-6-10-20(11-7-18)14-23(22(3,16-24)17-25)15-21-12-8-19(5-2)9-13-21;1-2-8-3-5-9(7-10)6-4-8;1-4(6,2-5)3-7/h4-13,24-25H,1-2,14-17H2,3H3;2-6H,1,7H2;7H,2-3,5-6H2,1H3. The lowest BCUT2D eigenvalue weighted by atomic mass is 9.99. The van der Waals surface area contributed by atoms with Gasteiger partial charge in [0, 0.05) is 31.1 Å². The molecule has 3 rings (SSSR count). The van der Waals surface area contributed by atoms with Gasteiger partial charge < -0.3 is 26.8 Å². The first-order chi connectivity index (χ1) is 20.0. The van der Waals surface area contributed by atoms with E-state index < -0.39 is 11.1 Å². The second-order valence-corrected chi connectivity index (χ2v) is 10.9. The fourth-order valence-corrected chi connectivity index (χ4v) is 3.63. The summed E-state index contributed by atoms with van der Waals surface area (Å²) in [5, 5.41) is 28.1. The fourth-order valence-electron chi connectivity index (χ4n) is 3.45. The van der Waals surface area contributed by atoms with Crippen molar-refractivity contribution in [3.8, 4) is 0 Å². The minimum absolute atomic E-state index is 0.0521. The molecule has 0 amide bonds. The van der Waals surface area contributed by atoms with Crippen molar-refractivity contribution in [1.82, 2.24) is 4.90 Å². The minimum Gasteiger partial charge on any atom is -0.394 e. The lowest BCUT2D eigenvalue weighted by molar-refractivity contribution is -0.0114. The molecule has 0 spiro atoms. The molecule has 0 saturated heterocycles. The van der Waals surface area contributed by atoms with Gasteiger partial charge >= 0.3 is 0 Å². The van der Waals surface area contributed by atoms with E-state index in [1.54, 1.807) is 6.92 Å². The molecule has 0 aromatic heterocycles. The van der Waals surface area contributed by atoms with Crippen molar-refractivity contribution in [3.05, 3.63) is 126 Å². The largest absolute Gasteiger partial charge is 0.394 e. The molecular weight excluding hydrogens is 546 g/mol. The second-order valence-electron chi connectivity index (χ2n) is 10.7. The Kier molecular flexibility index (Phi) is 16.9. The highest BCUT2D eigenvalue weighted by Crippen LogP contribution is 2.22. The number of hydrogen-bond donors (Lipinski definition) is 5. The van der Waals surface area contributed by atoms with Crippen LogP contribution in [0.3, 0.4) is 0 Å². The van der Waals surface area contributed by atoms with Gasteiger partial charge in [-0.2, -0.15) is 0 Å². The zero-order chi connectivity index (χ0) is 31.6. The molecule has 3 aromatic carbocycles. The van der Waals surface area contributed by atoms with Gasteiger partial charge in [0.2, 0.25) is 0 Å². The van der Waals surface area contributed by atoms with Crippen molar-refractivity contribution in [3.63, 3.8) is 0 Å². The number of nitrogens with zero attached hydrogens (tertiary/aromatic N) is 1. The Morgan fingerprint density at radius 1 is 0.667 bits per heavy atom. The molecule has 1 atom stereocenters. The molecule has 0 saturated carbocycles. The molecule has 7 heteroatoms. The Bertz CT molecular complexity index is 1130. The van der Waals surface area contributed by atoms with Crippen molar-refractivity contribution in [2.75, 3.05) is 26.4 Å². The summed E-state index contributed by atoms with van der Waals surface area (Å²) >= 11 is 5.60.